The number of phenols is 5. The summed E-state index contributed by atoms with van der Waals surface area (Å²) in [4.78, 5) is 120. The van der Waals surface area contributed by atoms with Crippen LogP contribution in [0.15, 0.2) is 121 Å². The van der Waals surface area contributed by atoms with Gasteiger partial charge in [-0.15, -0.1) is 0 Å². The van der Waals surface area contributed by atoms with E-state index in [9.17, 15) is 70.2 Å². The molecule has 7 aliphatic rings. The molecule has 1 fully saturated rings. The molecule has 0 spiro atoms. The third kappa shape index (κ3) is 15.9. The van der Waals surface area contributed by atoms with Gasteiger partial charge in [-0.1, -0.05) is 81.5 Å². The molecule has 19 N–H and O–H groups in total. The summed E-state index contributed by atoms with van der Waals surface area (Å²) in [6.45, 7) is 3.28. The number of phenolic OH excluding ortho intramolecular Hbond substituents is 5. The molecule has 7 heterocycles. The number of hydrogen-bond acceptors (Lipinski definition) is 23. The molecule has 31 nitrogen and oxygen atoms in total. The number of aromatic hydroxyl groups is 5. The van der Waals surface area contributed by atoms with Crippen molar-refractivity contribution >= 4 is 58.9 Å². The number of carboxylic acids is 1. The number of amides is 7. The lowest BCUT2D eigenvalue weighted by molar-refractivity contribution is -0.244. The van der Waals surface area contributed by atoms with Crippen LogP contribution in [0.3, 0.4) is 0 Å². The predicted molar refractivity (Wildman–Crippen MR) is 371 cm³/mol. The zero-order valence-corrected chi connectivity index (χ0v) is 57.3. The van der Waals surface area contributed by atoms with Crippen LogP contribution in [0.1, 0.15) is 128 Å². The highest BCUT2D eigenvalue weighted by Crippen LogP contribution is 2.49. The SMILES string of the molecule is CC(C)CCCCCCC(=O)N[C@H]1[C@H](Oc2c3cc4cc2Oc2ccc(cc2Cl)C[C@H]2NC(=O)[C@H](N)c5ccc(O)c(c5)Oc5cc(O)cc(c5)[C@H](NC2=O)C(=O)N[C@H]4C(=O)N[C@H]2C(=O)N[C@H](C(=O)N[C@H](C(=O)O)c4cc(O)cc(O)c4-c4cc2ccc4O)[C@H](O)c2ccc(cc2)O3)O[C@H](CO)[C@@H](O)[C@@H]1O. The van der Waals surface area contributed by atoms with Crippen LogP contribution in [-0.4, -0.2) is 148 Å². The van der Waals surface area contributed by atoms with Gasteiger partial charge >= 0.3 is 5.97 Å². The predicted octanol–water partition coefficient (Wildman–Crippen LogP) is 4.93. The minimum atomic E-state index is -2.29. The molecule has 0 unspecified atom stereocenters. The van der Waals surface area contributed by atoms with Crippen LogP contribution in [0.5, 0.6) is 69.0 Å². The Labute approximate surface area is 608 Å². The van der Waals surface area contributed by atoms with E-state index in [0.717, 1.165) is 73.9 Å². The van der Waals surface area contributed by atoms with Gasteiger partial charge in [0.25, 0.3) is 0 Å². The van der Waals surface area contributed by atoms with Gasteiger partial charge in [-0.3, -0.25) is 33.6 Å². The van der Waals surface area contributed by atoms with E-state index in [1.807, 2.05) is 0 Å². The first-order valence-corrected chi connectivity index (χ1v) is 34.2. The molecule has 17 bridgehead atoms. The standard InChI is InChI=1S/C74H75ClN8O23/c1-31(2)7-5-3-4-6-8-54(90)78-62-65(93)64(92)53(30-84)105-74(62)106-66-51-25-37-26-52(66)104-49-18-9-32(19-44(49)75)20-45-67(94)79-58(36-21-38(85)27-41(22-36)103-50-24-34(12-17-47(50)88)56(76)68(95)77-45)70(97)81-59(37)71(98)80-57-35-13-16-46(87)42(23-35)55-43(28-39(86)29-48(55)89)60(73(100)101)82-72(99)61(83-69(57)96)63(91)33-10-14-40(102-51)15-11-33/h9-19,21-29,31,45,53,56-65,74,84-89,91-93H,3-8,20,30,76H2,1-2H3,(H,77,95)(H,78,90)(H,79,94)(H,80,98)(H,81,97)(H,82,99)(H,83,96)(H,100,101)/t45-,53-,56-,57-,58+,59-,60+,61+,62-,63-,64-,65-,74+/m1/s1. The van der Waals surface area contributed by atoms with E-state index in [2.05, 4.69) is 51.1 Å². The van der Waals surface area contributed by atoms with E-state index >= 15 is 19.2 Å². The number of nitrogens with two attached hydrogens (primary N) is 1. The minimum Gasteiger partial charge on any atom is -0.508 e. The van der Waals surface area contributed by atoms with Gasteiger partial charge in [0.2, 0.25) is 53.4 Å². The van der Waals surface area contributed by atoms with Crippen molar-refractivity contribution in [3.05, 3.63) is 165 Å². The molecule has 1 saturated heterocycles. The van der Waals surface area contributed by atoms with Crippen LogP contribution >= 0.6 is 11.6 Å². The molecule has 106 heavy (non-hydrogen) atoms. The molecule has 556 valence electrons. The van der Waals surface area contributed by atoms with Gasteiger partial charge in [0.05, 0.1) is 11.6 Å². The third-order valence-corrected chi connectivity index (χ3v) is 19.0. The lowest BCUT2D eigenvalue weighted by atomic mass is 9.89. The lowest BCUT2D eigenvalue weighted by Gasteiger charge is -2.42. The minimum absolute atomic E-state index is 0.0547. The first-order chi connectivity index (χ1) is 50.6. The highest BCUT2D eigenvalue weighted by Gasteiger charge is 2.48. The maximum absolute atomic E-state index is 16.3. The number of ether oxygens (including phenoxy) is 5. The average Bonchev–Trinajstić information content (AvgIpc) is 0.784. The average molecular weight is 1480 g/mol. The van der Waals surface area contributed by atoms with Crippen LogP contribution in [0.2, 0.25) is 5.02 Å². The molecule has 0 saturated carbocycles. The summed E-state index contributed by atoms with van der Waals surface area (Å²) in [7, 11) is 0. The second kappa shape index (κ2) is 31.1. The Morgan fingerprint density at radius 1 is 0.585 bits per heavy atom. The number of halogens is 1. The van der Waals surface area contributed by atoms with Gasteiger partial charge in [-0.05, 0) is 125 Å². The van der Waals surface area contributed by atoms with Gasteiger partial charge in [-0.2, -0.15) is 0 Å². The van der Waals surface area contributed by atoms with E-state index in [1.54, 1.807) is 0 Å². The van der Waals surface area contributed by atoms with Gasteiger partial charge in [0, 0.05) is 41.7 Å². The number of nitrogens with one attached hydrogen (secondary N) is 7. The zero-order chi connectivity index (χ0) is 75.7. The van der Waals surface area contributed by atoms with Crippen molar-refractivity contribution < 1.29 is 113 Å². The molecule has 32 heteroatoms. The summed E-state index contributed by atoms with van der Waals surface area (Å²) in [5.41, 5.74) is 4.21. The number of unbranched alkanes of at least 4 members (excludes halogenated alkanes) is 3. The van der Waals surface area contributed by atoms with Crippen molar-refractivity contribution in [3.63, 3.8) is 0 Å². The maximum atomic E-state index is 16.3. The molecule has 0 aliphatic carbocycles. The fourth-order valence-corrected chi connectivity index (χ4v) is 13.4. The van der Waals surface area contributed by atoms with Crippen LogP contribution in [0, 0.1) is 5.92 Å². The van der Waals surface area contributed by atoms with Gasteiger partial charge in [-0.25, -0.2) is 4.79 Å². The molecule has 7 aromatic rings. The maximum Gasteiger partial charge on any atom is 0.330 e. The van der Waals surface area contributed by atoms with E-state index in [4.69, 9.17) is 41.0 Å². The first kappa shape index (κ1) is 74.3. The van der Waals surface area contributed by atoms with Gasteiger partial charge in [0.15, 0.2) is 29.0 Å². The number of aliphatic hydroxyl groups is 4. The fourth-order valence-electron chi connectivity index (χ4n) is 13.2. The van der Waals surface area contributed by atoms with Crippen LogP contribution in [0.25, 0.3) is 11.1 Å². The number of carboxylic acid groups (broad SMARTS) is 1. The molecule has 0 aromatic heterocycles. The lowest BCUT2D eigenvalue weighted by Crippen LogP contribution is -2.65. The summed E-state index contributed by atoms with van der Waals surface area (Å²) >= 11 is 7.16. The number of aliphatic carboxylic acids is 1. The molecular weight excluding hydrogens is 1400 g/mol. The largest absolute Gasteiger partial charge is 0.508 e. The third-order valence-electron chi connectivity index (χ3n) is 18.7. The molecule has 7 aliphatic heterocycles. The highest BCUT2D eigenvalue weighted by atomic mass is 35.5. The number of hydrogen-bond donors (Lipinski definition) is 18. The highest BCUT2D eigenvalue weighted by molar-refractivity contribution is 6.32. The van der Waals surface area contributed by atoms with Crippen molar-refractivity contribution in [3.8, 4) is 80.1 Å². The summed E-state index contributed by atoms with van der Waals surface area (Å²) in [5.74, 6) is -15.3. The first-order valence-electron chi connectivity index (χ1n) is 33.8. The summed E-state index contributed by atoms with van der Waals surface area (Å²) in [5, 5.41) is 131. The monoisotopic (exact) mass is 1480 g/mol. The molecule has 13 atom stereocenters. The van der Waals surface area contributed by atoms with Crippen molar-refractivity contribution in [2.45, 2.75) is 138 Å². The molecular formula is C74H75ClN8O23. The van der Waals surface area contributed by atoms with Crippen LogP contribution < -0.4 is 61.9 Å². The normalized spacial score (nSPS) is 24.4. The van der Waals surface area contributed by atoms with Crippen molar-refractivity contribution in [2.24, 2.45) is 11.7 Å². The second-order valence-electron chi connectivity index (χ2n) is 26.7. The summed E-state index contributed by atoms with van der Waals surface area (Å²) in [6, 6.07) is 7.30. The summed E-state index contributed by atoms with van der Waals surface area (Å²) in [6.07, 6.45) is -6.09. The Hall–Kier alpha value is -11.5. The molecule has 7 amide bonds. The Bertz CT molecular complexity index is 4620. The number of carbonyl (C=O) groups excluding carboxylic acids is 7. The van der Waals surface area contributed by atoms with Crippen molar-refractivity contribution in [1.82, 2.24) is 37.2 Å². The van der Waals surface area contributed by atoms with Crippen molar-refractivity contribution in [2.75, 3.05) is 6.61 Å². The molecule has 7 aromatic carbocycles. The van der Waals surface area contributed by atoms with Crippen LogP contribution in [-0.2, 0) is 49.5 Å². The summed E-state index contributed by atoms with van der Waals surface area (Å²) < 4.78 is 32.4. The van der Waals surface area contributed by atoms with E-state index in [1.165, 1.54) is 66.7 Å². The number of aliphatic hydroxyl groups excluding tert-OH is 4. The van der Waals surface area contributed by atoms with E-state index in [0.29, 0.717) is 18.8 Å². The Balaban J connectivity index is 1.09. The molecule has 0 radical (unpaired) electrons. The van der Waals surface area contributed by atoms with Crippen molar-refractivity contribution in [1.29, 1.82) is 0 Å². The van der Waals surface area contributed by atoms with Gasteiger partial charge < -0.3 is 118 Å². The Morgan fingerprint density at radius 2 is 1.21 bits per heavy atom. The van der Waals surface area contributed by atoms with Crippen LogP contribution in [0.4, 0.5) is 0 Å². The number of carbonyl (C=O) groups is 8. The fraction of sp³-hybridized carbons (Fsp3) is 0.324. The number of rotatable bonds is 12. The Morgan fingerprint density at radius 3 is 1.91 bits per heavy atom. The second-order valence-corrected chi connectivity index (χ2v) is 27.1. The number of fused-ring (bicyclic) bond motifs is 14. The van der Waals surface area contributed by atoms with E-state index < -0.39 is 208 Å². The van der Waals surface area contributed by atoms with E-state index in [-0.39, 0.29) is 62.3 Å². The topological polar surface area (TPSA) is 495 Å². The zero-order valence-electron chi connectivity index (χ0n) is 56.5. The van der Waals surface area contributed by atoms with Gasteiger partial charge in [0.1, 0.15) is 107 Å². The smallest absolute Gasteiger partial charge is 0.330 e. The Kier molecular flexibility index (Phi) is 21.8. The molecule has 14 rings (SSSR count). The number of benzene rings is 7. The quantitative estimate of drug-likeness (QED) is 0.0721.